The minimum atomic E-state index is -4.53. The number of hydrogen-bond donors (Lipinski definition) is 1. The summed E-state index contributed by atoms with van der Waals surface area (Å²) in [5.41, 5.74) is 0.584. The Balaban J connectivity index is 1.84. The van der Waals surface area contributed by atoms with Gasteiger partial charge in [0.05, 0.1) is 4.88 Å². The van der Waals surface area contributed by atoms with Gasteiger partial charge in [0.2, 0.25) is 0 Å². The molecule has 0 aliphatic heterocycles. The Morgan fingerprint density at radius 1 is 1.03 bits per heavy atom. The highest BCUT2D eigenvalue weighted by molar-refractivity contribution is 7.94. The van der Waals surface area contributed by atoms with Crippen LogP contribution in [0.2, 0.25) is 0 Å². The minimum absolute atomic E-state index is 0.00777. The fourth-order valence-corrected chi connectivity index (χ4v) is 5.02. The predicted octanol–water partition coefficient (Wildman–Crippen LogP) is 5.27. The van der Waals surface area contributed by atoms with Crippen molar-refractivity contribution in [2.24, 2.45) is 7.05 Å². The van der Waals surface area contributed by atoms with Crippen LogP contribution in [0.4, 0.5) is 18.9 Å². The molecule has 0 spiro atoms. The van der Waals surface area contributed by atoms with Crippen LogP contribution in [0.3, 0.4) is 0 Å². The van der Waals surface area contributed by atoms with Crippen LogP contribution >= 0.6 is 11.3 Å². The maximum atomic E-state index is 13.0. The third kappa shape index (κ3) is 4.64. The molecule has 0 aliphatic rings. The summed E-state index contributed by atoms with van der Waals surface area (Å²) in [5, 5.41) is 3.85. The fourth-order valence-electron chi connectivity index (χ4n) is 2.70. The number of alkyl halides is 3. The molecule has 2 aromatic heterocycles. The smallest absolute Gasteiger partial charge is 0.279 e. The van der Waals surface area contributed by atoms with E-state index in [1.165, 1.54) is 19.2 Å². The molecule has 1 N–H and O–H groups in total. The first-order valence-electron chi connectivity index (χ1n) is 8.62. The summed E-state index contributed by atoms with van der Waals surface area (Å²) in [5.74, 6) is 0. The monoisotopic (exact) mass is 443 g/mol. The molecule has 0 unspecified atom stereocenters. The average Bonchev–Trinajstić information content (AvgIpc) is 3.20. The van der Waals surface area contributed by atoms with Gasteiger partial charge in [0.15, 0.2) is 0 Å². The van der Waals surface area contributed by atoms with Crippen molar-refractivity contribution >= 4 is 27.0 Å². The highest BCUT2D eigenvalue weighted by atomic mass is 32.2. The van der Waals surface area contributed by atoms with Crippen molar-refractivity contribution in [3.8, 4) is 10.6 Å². The van der Waals surface area contributed by atoms with Gasteiger partial charge >= 0.3 is 6.18 Å². The summed E-state index contributed by atoms with van der Waals surface area (Å²) < 4.78 is 67.4. The fraction of sp³-hybridized carbons (Fsp3) is 0.316. The van der Waals surface area contributed by atoms with Gasteiger partial charge < -0.3 is 0 Å². The molecule has 0 bridgehead atoms. The normalized spacial score (nSPS) is 12.9. The zero-order valence-corrected chi connectivity index (χ0v) is 17.8. The summed E-state index contributed by atoms with van der Waals surface area (Å²) in [7, 11) is -2.67. The molecule has 0 aliphatic carbocycles. The molecule has 0 saturated heterocycles. The van der Waals surface area contributed by atoms with Gasteiger partial charge in [-0.25, -0.2) is 8.42 Å². The Kier molecular flexibility index (Phi) is 5.29. The molecular formula is C19H20F3N3O2S2. The van der Waals surface area contributed by atoms with Crippen LogP contribution < -0.4 is 4.72 Å². The first kappa shape index (κ1) is 21.4. The lowest BCUT2D eigenvalue weighted by molar-refractivity contribution is -0.143. The van der Waals surface area contributed by atoms with Crippen molar-refractivity contribution < 1.29 is 21.6 Å². The number of nitrogens with zero attached hydrogens (tertiary/aromatic N) is 2. The lowest BCUT2D eigenvalue weighted by atomic mass is 9.87. The van der Waals surface area contributed by atoms with Crippen molar-refractivity contribution in [2.75, 3.05) is 4.72 Å². The molecule has 1 aromatic carbocycles. The van der Waals surface area contributed by atoms with Gasteiger partial charge in [-0.05, 0) is 41.3 Å². The second-order valence-electron chi connectivity index (χ2n) is 7.59. The molecule has 3 aromatic rings. The Morgan fingerprint density at radius 3 is 2.17 bits per heavy atom. The minimum Gasteiger partial charge on any atom is -0.279 e. The number of rotatable bonds is 4. The van der Waals surface area contributed by atoms with Crippen LogP contribution in [0.1, 0.15) is 32.0 Å². The van der Waals surface area contributed by atoms with E-state index >= 15 is 0 Å². The number of thiophene rings is 1. The van der Waals surface area contributed by atoms with Crippen molar-refractivity contribution in [1.82, 2.24) is 9.78 Å². The number of sulfonamides is 1. The van der Waals surface area contributed by atoms with Gasteiger partial charge in [-0.1, -0.05) is 32.9 Å². The maximum absolute atomic E-state index is 13.0. The second kappa shape index (κ2) is 7.17. The molecular weight excluding hydrogens is 423 g/mol. The highest BCUT2D eigenvalue weighted by Crippen LogP contribution is 2.35. The van der Waals surface area contributed by atoms with Crippen LogP contribution in [0.15, 0.2) is 46.7 Å². The summed E-state index contributed by atoms with van der Waals surface area (Å²) in [6.07, 6.45) is -4.53. The molecule has 0 fully saturated rings. The van der Waals surface area contributed by atoms with Crippen molar-refractivity contribution in [3.63, 3.8) is 0 Å². The van der Waals surface area contributed by atoms with Crippen LogP contribution in [0.5, 0.6) is 0 Å². The van der Waals surface area contributed by atoms with Gasteiger partial charge in [-0.3, -0.25) is 9.40 Å². The lowest BCUT2D eigenvalue weighted by Crippen LogP contribution is -2.13. The molecule has 0 amide bonds. The van der Waals surface area contributed by atoms with Crippen LogP contribution in [0, 0.1) is 0 Å². The number of halogens is 3. The molecule has 0 saturated carbocycles. The van der Waals surface area contributed by atoms with Crippen molar-refractivity contribution in [2.45, 2.75) is 36.6 Å². The molecule has 29 heavy (non-hydrogen) atoms. The standard InChI is InChI=1S/C19H20F3N3O2S2/c1-18(2,3)12-5-7-13(8-6-12)24-29(26,27)17-10-9-15(28-17)14-11-16(19(20,21)22)25(4)23-14/h5-11,24H,1-4H3. The maximum Gasteiger partial charge on any atom is 0.433 e. The van der Waals surface area contributed by atoms with E-state index in [-0.39, 0.29) is 15.3 Å². The molecule has 3 rings (SSSR count). The lowest BCUT2D eigenvalue weighted by Gasteiger charge is -2.19. The van der Waals surface area contributed by atoms with Crippen LogP contribution in [0.25, 0.3) is 10.6 Å². The molecule has 0 radical (unpaired) electrons. The Labute approximate surface area is 171 Å². The molecule has 2 heterocycles. The zero-order chi connectivity index (χ0) is 21.6. The van der Waals surface area contributed by atoms with E-state index in [2.05, 4.69) is 30.6 Å². The first-order chi connectivity index (χ1) is 13.3. The zero-order valence-electron chi connectivity index (χ0n) is 16.2. The van der Waals surface area contributed by atoms with Crippen molar-refractivity contribution in [3.05, 3.63) is 53.7 Å². The summed E-state index contributed by atoms with van der Waals surface area (Å²) in [6, 6.07) is 10.8. The number of aromatic nitrogens is 2. The van der Waals surface area contributed by atoms with Crippen LogP contribution in [-0.2, 0) is 28.7 Å². The number of anilines is 1. The van der Waals surface area contributed by atoms with E-state index in [0.717, 1.165) is 27.6 Å². The third-order valence-corrected chi connectivity index (χ3v) is 7.25. The molecule has 10 heteroatoms. The molecule has 5 nitrogen and oxygen atoms in total. The molecule has 156 valence electrons. The van der Waals surface area contributed by atoms with Crippen molar-refractivity contribution in [1.29, 1.82) is 0 Å². The van der Waals surface area contributed by atoms with Gasteiger partial charge in [-0.2, -0.15) is 18.3 Å². The first-order valence-corrected chi connectivity index (χ1v) is 10.9. The Hall–Kier alpha value is -2.33. The van der Waals surface area contributed by atoms with E-state index < -0.39 is 21.9 Å². The largest absolute Gasteiger partial charge is 0.433 e. The number of nitrogens with one attached hydrogen (secondary N) is 1. The average molecular weight is 444 g/mol. The Bertz CT molecular complexity index is 1120. The quantitative estimate of drug-likeness (QED) is 0.598. The van der Waals surface area contributed by atoms with Gasteiger partial charge in [-0.15, -0.1) is 11.3 Å². The number of hydrogen-bond acceptors (Lipinski definition) is 4. The third-order valence-electron chi connectivity index (χ3n) is 4.27. The summed E-state index contributed by atoms with van der Waals surface area (Å²) >= 11 is 0.859. The topological polar surface area (TPSA) is 64.0 Å². The van der Waals surface area contributed by atoms with E-state index in [0.29, 0.717) is 10.6 Å². The SMILES string of the molecule is Cn1nc(-c2ccc(S(=O)(=O)Nc3ccc(C(C)(C)C)cc3)s2)cc1C(F)(F)F. The van der Waals surface area contributed by atoms with E-state index in [4.69, 9.17) is 0 Å². The van der Waals surface area contributed by atoms with E-state index in [9.17, 15) is 21.6 Å². The Morgan fingerprint density at radius 2 is 1.66 bits per heavy atom. The second-order valence-corrected chi connectivity index (χ2v) is 10.6. The number of aryl methyl sites for hydroxylation is 1. The van der Waals surface area contributed by atoms with Gasteiger partial charge in [0, 0.05) is 12.7 Å². The van der Waals surface area contributed by atoms with E-state index in [1.54, 1.807) is 12.1 Å². The van der Waals surface area contributed by atoms with Crippen LogP contribution in [-0.4, -0.2) is 18.2 Å². The predicted molar refractivity (Wildman–Crippen MR) is 107 cm³/mol. The summed E-state index contributed by atoms with van der Waals surface area (Å²) in [4.78, 5) is 0.333. The van der Waals surface area contributed by atoms with E-state index in [1.807, 2.05) is 12.1 Å². The van der Waals surface area contributed by atoms with Gasteiger partial charge in [0.25, 0.3) is 10.0 Å². The summed E-state index contributed by atoms with van der Waals surface area (Å²) in [6.45, 7) is 6.17. The highest BCUT2D eigenvalue weighted by Gasteiger charge is 2.35. The van der Waals surface area contributed by atoms with Gasteiger partial charge in [0.1, 0.15) is 15.6 Å². The number of benzene rings is 1. The molecule has 0 atom stereocenters.